The van der Waals surface area contributed by atoms with Gasteiger partial charge < -0.3 is 19.5 Å². The van der Waals surface area contributed by atoms with Crippen molar-refractivity contribution in [1.29, 1.82) is 0 Å². The van der Waals surface area contributed by atoms with E-state index in [1.54, 1.807) is 32.4 Å². The Bertz CT molecular complexity index is 967. The molecule has 0 aliphatic rings. The first-order valence-corrected chi connectivity index (χ1v) is 9.36. The fraction of sp³-hybridized carbons (Fsp3) is 0.208. The highest BCUT2D eigenvalue weighted by molar-refractivity contribution is 5.94. The summed E-state index contributed by atoms with van der Waals surface area (Å²) in [6.45, 7) is 2.76. The van der Waals surface area contributed by atoms with Crippen molar-refractivity contribution < 1.29 is 19.0 Å². The number of benzene rings is 3. The molecule has 0 fully saturated rings. The molecule has 1 N–H and O–H groups in total. The molecule has 3 aromatic carbocycles. The lowest BCUT2D eigenvalue weighted by atomic mass is 10.1. The summed E-state index contributed by atoms with van der Waals surface area (Å²) >= 11 is 0. The van der Waals surface area contributed by atoms with E-state index < -0.39 is 0 Å². The van der Waals surface area contributed by atoms with Crippen molar-refractivity contribution in [2.24, 2.45) is 0 Å². The molecule has 0 aromatic heterocycles. The Kier molecular flexibility index (Phi) is 6.74. The van der Waals surface area contributed by atoms with E-state index in [9.17, 15) is 4.79 Å². The zero-order chi connectivity index (χ0) is 20.6. The summed E-state index contributed by atoms with van der Waals surface area (Å²) in [5, 5.41) is 2.94. The minimum atomic E-state index is -0.153. The first-order chi connectivity index (χ1) is 14.1. The predicted octanol–water partition coefficient (Wildman–Crippen LogP) is 4.52. The van der Waals surface area contributed by atoms with Gasteiger partial charge in [-0.25, -0.2) is 0 Å². The first kappa shape index (κ1) is 20.3. The average molecular weight is 391 g/mol. The Morgan fingerprint density at radius 2 is 1.69 bits per heavy atom. The zero-order valence-corrected chi connectivity index (χ0v) is 16.9. The molecule has 0 spiro atoms. The highest BCUT2D eigenvalue weighted by Crippen LogP contribution is 2.23. The Morgan fingerprint density at radius 1 is 0.897 bits per heavy atom. The third kappa shape index (κ3) is 5.51. The molecule has 5 heteroatoms. The molecule has 0 unspecified atom stereocenters. The van der Waals surface area contributed by atoms with Crippen LogP contribution >= 0.6 is 0 Å². The summed E-state index contributed by atoms with van der Waals surface area (Å²) in [5.41, 5.74) is 3.49. The molecule has 0 atom stereocenters. The molecule has 0 aliphatic heterocycles. The van der Waals surface area contributed by atoms with Crippen LogP contribution in [0, 0.1) is 6.92 Å². The van der Waals surface area contributed by atoms with Gasteiger partial charge in [0.25, 0.3) is 5.91 Å². The van der Waals surface area contributed by atoms with Crippen molar-refractivity contribution in [3.63, 3.8) is 0 Å². The molecule has 5 nitrogen and oxygen atoms in total. The average Bonchev–Trinajstić information content (AvgIpc) is 2.76. The van der Waals surface area contributed by atoms with E-state index in [0.29, 0.717) is 24.5 Å². The molecule has 0 aliphatic carbocycles. The Labute approximate surface area is 171 Å². The second kappa shape index (κ2) is 9.64. The summed E-state index contributed by atoms with van der Waals surface area (Å²) in [4.78, 5) is 12.6. The van der Waals surface area contributed by atoms with Gasteiger partial charge >= 0.3 is 0 Å². The van der Waals surface area contributed by atoms with E-state index in [4.69, 9.17) is 14.2 Å². The van der Waals surface area contributed by atoms with Crippen LogP contribution in [0.25, 0.3) is 0 Å². The molecule has 0 heterocycles. The van der Waals surface area contributed by atoms with Crippen LogP contribution in [0.3, 0.4) is 0 Å². The topological polar surface area (TPSA) is 56.8 Å². The van der Waals surface area contributed by atoms with Gasteiger partial charge in [0.1, 0.15) is 23.9 Å². The number of carbonyl (C=O) groups excluding carboxylic acids is 1. The summed E-state index contributed by atoms with van der Waals surface area (Å²) in [5.74, 6) is 2.10. The SMILES string of the molecule is COc1ccc(CNC(=O)c2ccc(OC)c(COc3cccc(C)c3)c2)cc1. The van der Waals surface area contributed by atoms with Crippen LogP contribution in [0.2, 0.25) is 0 Å². The number of carbonyl (C=O) groups is 1. The van der Waals surface area contributed by atoms with Crippen molar-refractivity contribution in [3.8, 4) is 17.2 Å². The Morgan fingerprint density at radius 3 is 2.38 bits per heavy atom. The van der Waals surface area contributed by atoms with E-state index in [1.165, 1.54) is 0 Å². The maximum absolute atomic E-state index is 12.6. The van der Waals surface area contributed by atoms with Crippen LogP contribution in [0.5, 0.6) is 17.2 Å². The van der Waals surface area contributed by atoms with Gasteiger partial charge in [0.15, 0.2) is 0 Å². The maximum Gasteiger partial charge on any atom is 0.251 e. The van der Waals surface area contributed by atoms with Crippen molar-refractivity contribution in [2.75, 3.05) is 14.2 Å². The number of methoxy groups -OCH3 is 2. The third-order valence-corrected chi connectivity index (χ3v) is 4.54. The number of rotatable bonds is 8. The van der Waals surface area contributed by atoms with E-state index in [2.05, 4.69) is 5.32 Å². The number of amides is 1. The van der Waals surface area contributed by atoms with Crippen LogP contribution in [0.4, 0.5) is 0 Å². The standard InChI is InChI=1S/C24H25NO4/c1-17-5-4-6-22(13-17)29-16-20-14-19(9-12-23(20)28-3)24(26)25-15-18-7-10-21(27-2)11-8-18/h4-14H,15-16H2,1-3H3,(H,25,26). The van der Waals surface area contributed by atoms with Gasteiger partial charge in [-0.2, -0.15) is 0 Å². The number of hydrogen-bond acceptors (Lipinski definition) is 4. The quantitative estimate of drug-likeness (QED) is 0.613. The smallest absolute Gasteiger partial charge is 0.251 e. The van der Waals surface area contributed by atoms with Gasteiger partial charge in [0.05, 0.1) is 14.2 Å². The van der Waals surface area contributed by atoms with Gasteiger partial charge in [-0.3, -0.25) is 4.79 Å². The van der Waals surface area contributed by atoms with E-state index >= 15 is 0 Å². The molecular formula is C24H25NO4. The minimum Gasteiger partial charge on any atom is -0.497 e. The second-order valence-corrected chi connectivity index (χ2v) is 6.66. The summed E-state index contributed by atoms with van der Waals surface area (Å²) in [7, 11) is 3.23. The molecule has 3 rings (SSSR count). The summed E-state index contributed by atoms with van der Waals surface area (Å²) < 4.78 is 16.4. The lowest BCUT2D eigenvalue weighted by Crippen LogP contribution is -2.23. The van der Waals surface area contributed by atoms with Gasteiger partial charge in [-0.1, -0.05) is 24.3 Å². The van der Waals surface area contributed by atoms with Gasteiger partial charge in [0, 0.05) is 17.7 Å². The number of nitrogens with one attached hydrogen (secondary N) is 1. The van der Waals surface area contributed by atoms with Crippen molar-refractivity contribution in [3.05, 3.63) is 89.0 Å². The molecule has 0 radical (unpaired) electrons. The number of ether oxygens (including phenoxy) is 3. The van der Waals surface area contributed by atoms with E-state index in [1.807, 2.05) is 55.5 Å². The van der Waals surface area contributed by atoms with Crippen molar-refractivity contribution >= 4 is 5.91 Å². The highest BCUT2D eigenvalue weighted by atomic mass is 16.5. The lowest BCUT2D eigenvalue weighted by Gasteiger charge is -2.13. The van der Waals surface area contributed by atoms with Crippen molar-refractivity contribution in [1.82, 2.24) is 5.32 Å². The van der Waals surface area contributed by atoms with Crippen LogP contribution in [0.15, 0.2) is 66.7 Å². The lowest BCUT2D eigenvalue weighted by molar-refractivity contribution is 0.0950. The fourth-order valence-electron chi connectivity index (χ4n) is 2.93. The van der Waals surface area contributed by atoms with E-state index in [-0.39, 0.29) is 5.91 Å². The molecular weight excluding hydrogens is 366 g/mol. The Hall–Kier alpha value is -3.47. The van der Waals surface area contributed by atoms with Gasteiger partial charge in [-0.15, -0.1) is 0 Å². The molecule has 29 heavy (non-hydrogen) atoms. The Balaban J connectivity index is 1.66. The molecule has 150 valence electrons. The van der Waals surface area contributed by atoms with Gasteiger partial charge in [-0.05, 0) is 60.5 Å². The monoisotopic (exact) mass is 391 g/mol. The van der Waals surface area contributed by atoms with E-state index in [0.717, 1.165) is 28.2 Å². The van der Waals surface area contributed by atoms with Crippen LogP contribution in [-0.4, -0.2) is 20.1 Å². The van der Waals surface area contributed by atoms with Crippen LogP contribution < -0.4 is 19.5 Å². The van der Waals surface area contributed by atoms with Crippen LogP contribution in [-0.2, 0) is 13.2 Å². The minimum absolute atomic E-state index is 0.153. The van der Waals surface area contributed by atoms with Crippen molar-refractivity contribution in [2.45, 2.75) is 20.1 Å². The second-order valence-electron chi connectivity index (χ2n) is 6.66. The predicted molar refractivity (Wildman–Crippen MR) is 113 cm³/mol. The molecule has 0 bridgehead atoms. The largest absolute Gasteiger partial charge is 0.497 e. The molecule has 3 aromatic rings. The fourth-order valence-corrected chi connectivity index (χ4v) is 2.93. The maximum atomic E-state index is 12.6. The zero-order valence-electron chi connectivity index (χ0n) is 16.9. The molecule has 1 amide bonds. The number of aryl methyl sites for hydroxylation is 1. The normalized spacial score (nSPS) is 10.3. The number of hydrogen-bond donors (Lipinski definition) is 1. The first-order valence-electron chi connectivity index (χ1n) is 9.36. The summed E-state index contributed by atoms with van der Waals surface area (Å²) in [6, 6.07) is 20.8. The molecule has 0 saturated carbocycles. The summed E-state index contributed by atoms with van der Waals surface area (Å²) in [6.07, 6.45) is 0. The highest BCUT2D eigenvalue weighted by Gasteiger charge is 2.11. The molecule has 0 saturated heterocycles. The van der Waals surface area contributed by atoms with Crippen LogP contribution in [0.1, 0.15) is 27.0 Å². The van der Waals surface area contributed by atoms with Gasteiger partial charge in [0.2, 0.25) is 0 Å². The third-order valence-electron chi connectivity index (χ3n) is 4.54.